The van der Waals surface area contributed by atoms with E-state index in [4.69, 9.17) is 4.74 Å². The summed E-state index contributed by atoms with van der Waals surface area (Å²) in [6.45, 7) is 2.59. The molecule has 0 spiro atoms. The molecule has 1 atom stereocenters. The second-order valence-electron chi connectivity index (χ2n) is 7.65. The van der Waals surface area contributed by atoms with E-state index in [0.717, 1.165) is 12.0 Å². The van der Waals surface area contributed by atoms with Crippen molar-refractivity contribution in [3.63, 3.8) is 0 Å². The molecule has 0 saturated carbocycles. The number of ketones is 1. The number of Topliss-reactive ketones (excluding diaryl/α,β-unsaturated/α-hetero) is 1. The molecular weight excluding hydrogens is 390 g/mol. The molecule has 1 heterocycles. The molecule has 5 nitrogen and oxygen atoms in total. The summed E-state index contributed by atoms with van der Waals surface area (Å²) in [7, 11) is 0. The first-order valence-electron chi connectivity index (χ1n) is 10.5. The van der Waals surface area contributed by atoms with Crippen molar-refractivity contribution in [2.75, 3.05) is 18.1 Å². The number of carbonyl (C=O) groups is 2. The van der Waals surface area contributed by atoms with Crippen LogP contribution in [0.2, 0.25) is 0 Å². The van der Waals surface area contributed by atoms with Gasteiger partial charge in [0.15, 0.2) is 11.4 Å². The Morgan fingerprint density at radius 3 is 2.35 bits per heavy atom. The van der Waals surface area contributed by atoms with Crippen molar-refractivity contribution in [3.05, 3.63) is 95.6 Å². The fourth-order valence-corrected chi connectivity index (χ4v) is 3.93. The van der Waals surface area contributed by atoms with Crippen LogP contribution in [0.5, 0.6) is 5.75 Å². The lowest BCUT2D eigenvalue weighted by molar-refractivity contribution is -0.135. The van der Waals surface area contributed by atoms with E-state index >= 15 is 0 Å². The molecule has 0 aliphatic carbocycles. The molecule has 0 radical (unpaired) electrons. The minimum Gasteiger partial charge on any atom is -0.492 e. The monoisotopic (exact) mass is 415 g/mol. The Balaban J connectivity index is 1.53. The number of ether oxygens (including phenoxy) is 1. The number of hydrogen-bond donors (Lipinski definition) is 1. The molecule has 5 heteroatoms. The molecule has 4 rings (SSSR count). The highest BCUT2D eigenvalue weighted by Crippen LogP contribution is 2.42. The highest BCUT2D eigenvalue weighted by atomic mass is 16.5. The predicted molar refractivity (Wildman–Crippen MR) is 119 cm³/mol. The lowest BCUT2D eigenvalue weighted by Gasteiger charge is -2.23. The highest BCUT2D eigenvalue weighted by molar-refractivity contribution is 6.10. The van der Waals surface area contributed by atoms with Gasteiger partial charge in [-0.3, -0.25) is 9.59 Å². The maximum atomic E-state index is 13.3. The van der Waals surface area contributed by atoms with Gasteiger partial charge in [-0.1, -0.05) is 67.6 Å². The molecule has 0 fully saturated rings. The van der Waals surface area contributed by atoms with Gasteiger partial charge in [-0.25, -0.2) is 0 Å². The Hall–Kier alpha value is -3.44. The van der Waals surface area contributed by atoms with E-state index in [1.165, 1.54) is 4.90 Å². The van der Waals surface area contributed by atoms with Gasteiger partial charge in [0, 0.05) is 11.1 Å². The van der Waals surface area contributed by atoms with E-state index < -0.39 is 11.5 Å². The Kier molecular flexibility index (Phi) is 5.87. The van der Waals surface area contributed by atoms with Crippen molar-refractivity contribution < 1.29 is 19.4 Å². The first-order valence-corrected chi connectivity index (χ1v) is 10.5. The maximum absolute atomic E-state index is 13.3. The molecule has 3 aromatic carbocycles. The summed E-state index contributed by atoms with van der Waals surface area (Å²) in [4.78, 5) is 27.7. The second-order valence-corrected chi connectivity index (χ2v) is 7.65. The summed E-state index contributed by atoms with van der Waals surface area (Å²) in [5.41, 5.74) is 0.798. The van der Waals surface area contributed by atoms with E-state index in [1.54, 1.807) is 30.3 Å². The number of nitrogens with zero attached hydrogens (tertiary/aromatic N) is 1. The van der Waals surface area contributed by atoms with Crippen molar-refractivity contribution >= 4 is 17.4 Å². The molecule has 1 aliphatic heterocycles. The standard InChI is InChI=1S/C26H25NO4/c1-2-19-12-14-20(15-13-19)24(28)18-26(30)22-10-6-7-11-23(22)27(25(26)29)16-17-31-21-8-4-3-5-9-21/h3-15,30H,2,16-18H2,1H3. The van der Waals surface area contributed by atoms with Crippen molar-refractivity contribution in [2.45, 2.75) is 25.4 Å². The quantitative estimate of drug-likeness (QED) is 0.562. The molecule has 0 aromatic heterocycles. The Morgan fingerprint density at radius 1 is 0.968 bits per heavy atom. The van der Waals surface area contributed by atoms with Crippen molar-refractivity contribution in [1.29, 1.82) is 0 Å². The summed E-state index contributed by atoms with van der Waals surface area (Å²) < 4.78 is 5.73. The number of para-hydroxylation sites is 2. The lowest BCUT2D eigenvalue weighted by Crippen LogP contribution is -2.43. The van der Waals surface area contributed by atoms with Crippen LogP contribution in [0, 0.1) is 0 Å². The fourth-order valence-electron chi connectivity index (χ4n) is 3.93. The fraction of sp³-hybridized carbons (Fsp3) is 0.231. The average molecular weight is 415 g/mol. The molecule has 31 heavy (non-hydrogen) atoms. The third kappa shape index (κ3) is 4.09. The van der Waals surface area contributed by atoms with E-state index in [9.17, 15) is 14.7 Å². The largest absolute Gasteiger partial charge is 0.492 e. The molecule has 0 bridgehead atoms. The minimum absolute atomic E-state index is 0.268. The van der Waals surface area contributed by atoms with Gasteiger partial charge in [0.1, 0.15) is 12.4 Å². The smallest absolute Gasteiger partial charge is 0.264 e. The summed E-state index contributed by atoms with van der Waals surface area (Å²) in [5.74, 6) is -0.0528. The zero-order valence-corrected chi connectivity index (χ0v) is 17.5. The van der Waals surface area contributed by atoms with Gasteiger partial charge in [0.2, 0.25) is 0 Å². The molecule has 3 aromatic rings. The topological polar surface area (TPSA) is 66.8 Å². The first-order chi connectivity index (χ1) is 15.0. The van der Waals surface area contributed by atoms with Crippen LogP contribution in [0.4, 0.5) is 5.69 Å². The third-order valence-electron chi connectivity index (χ3n) is 5.67. The number of hydrogen-bond acceptors (Lipinski definition) is 4. The summed E-state index contributed by atoms with van der Waals surface area (Å²) in [6.07, 6.45) is 0.578. The number of carbonyl (C=O) groups excluding carboxylic acids is 2. The Morgan fingerprint density at radius 2 is 1.65 bits per heavy atom. The van der Waals surface area contributed by atoms with Gasteiger partial charge in [-0.15, -0.1) is 0 Å². The summed E-state index contributed by atoms with van der Waals surface area (Å²) in [5, 5.41) is 11.4. The highest BCUT2D eigenvalue weighted by Gasteiger charge is 2.50. The van der Waals surface area contributed by atoms with E-state index in [-0.39, 0.29) is 25.4 Å². The van der Waals surface area contributed by atoms with Crippen LogP contribution in [0.3, 0.4) is 0 Å². The van der Waals surface area contributed by atoms with E-state index in [1.807, 2.05) is 55.5 Å². The Bertz CT molecular complexity index is 1080. The third-order valence-corrected chi connectivity index (χ3v) is 5.67. The van der Waals surface area contributed by atoms with E-state index in [0.29, 0.717) is 22.6 Å². The number of rotatable bonds is 8. The maximum Gasteiger partial charge on any atom is 0.264 e. The number of anilines is 1. The van der Waals surface area contributed by atoms with Crippen LogP contribution in [0.1, 0.15) is 34.8 Å². The molecular formula is C26H25NO4. The first kappa shape index (κ1) is 20.8. The van der Waals surface area contributed by atoms with Crippen LogP contribution in [-0.4, -0.2) is 29.9 Å². The number of aryl methyl sites for hydroxylation is 1. The number of benzene rings is 3. The van der Waals surface area contributed by atoms with E-state index in [2.05, 4.69) is 0 Å². The van der Waals surface area contributed by atoms with Gasteiger partial charge in [-0.2, -0.15) is 0 Å². The average Bonchev–Trinajstić information content (AvgIpc) is 3.01. The van der Waals surface area contributed by atoms with Crippen LogP contribution >= 0.6 is 0 Å². The van der Waals surface area contributed by atoms with Gasteiger partial charge in [0.25, 0.3) is 5.91 Å². The van der Waals surface area contributed by atoms with Crippen molar-refractivity contribution in [3.8, 4) is 5.75 Å². The normalized spacial score (nSPS) is 17.5. The van der Waals surface area contributed by atoms with Crippen LogP contribution in [0.15, 0.2) is 78.9 Å². The zero-order valence-electron chi connectivity index (χ0n) is 17.5. The van der Waals surface area contributed by atoms with Crippen molar-refractivity contribution in [2.24, 2.45) is 0 Å². The summed E-state index contributed by atoms with van der Waals surface area (Å²) >= 11 is 0. The molecule has 1 amide bonds. The van der Waals surface area contributed by atoms with Crippen LogP contribution in [-0.2, 0) is 16.8 Å². The summed E-state index contributed by atoms with van der Waals surface area (Å²) in [6, 6.07) is 23.7. The van der Waals surface area contributed by atoms with Gasteiger partial charge in [0.05, 0.1) is 18.7 Å². The van der Waals surface area contributed by atoms with Crippen LogP contribution in [0.25, 0.3) is 0 Å². The van der Waals surface area contributed by atoms with Gasteiger partial charge in [-0.05, 0) is 30.2 Å². The van der Waals surface area contributed by atoms with Crippen molar-refractivity contribution in [1.82, 2.24) is 0 Å². The van der Waals surface area contributed by atoms with Gasteiger partial charge < -0.3 is 14.7 Å². The number of aliphatic hydroxyl groups is 1. The van der Waals surface area contributed by atoms with Gasteiger partial charge >= 0.3 is 0 Å². The molecule has 1 N–H and O–H groups in total. The number of fused-ring (bicyclic) bond motifs is 1. The predicted octanol–water partition coefficient (Wildman–Crippen LogP) is 4.14. The number of amides is 1. The second kappa shape index (κ2) is 8.74. The Labute approximate surface area is 181 Å². The lowest BCUT2D eigenvalue weighted by atomic mass is 9.88. The molecule has 0 saturated heterocycles. The molecule has 1 aliphatic rings. The molecule has 158 valence electrons. The van der Waals surface area contributed by atoms with Crippen LogP contribution < -0.4 is 9.64 Å². The zero-order chi connectivity index (χ0) is 21.8. The SMILES string of the molecule is CCc1ccc(C(=O)CC2(O)C(=O)N(CCOc3ccccc3)c3ccccc32)cc1. The molecule has 1 unspecified atom stereocenters. The minimum atomic E-state index is -1.89.